The first-order chi connectivity index (χ1) is 20.9. The maximum Gasteiger partial charge on any atom is 0.301 e. The summed E-state index contributed by atoms with van der Waals surface area (Å²) in [5, 5.41) is 11.9. The Labute approximate surface area is 250 Å². The number of fused-ring (bicyclic) bond motifs is 2. The molecule has 43 heavy (non-hydrogen) atoms. The number of hydrogen-bond donors (Lipinski definition) is 1. The van der Waals surface area contributed by atoms with Gasteiger partial charge in [0.05, 0.1) is 21.8 Å². The van der Waals surface area contributed by atoms with Crippen LogP contribution in [0.15, 0.2) is 96.6 Å². The Morgan fingerprint density at radius 3 is 2.72 bits per heavy atom. The molecule has 0 radical (unpaired) electrons. The molecule has 0 unspecified atom stereocenters. The van der Waals surface area contributed by atoms with Crippen LogP contribution in [0.25, 0.3) is 16.0 Å². The summed E-state index contributed by atoms with van der Waals surface area (Å²) in [4.78, 5) is 33.2. The Bertz CT molecular complexity index is 1940. The predicted octanol–water partition coefficient (Wildman–Crippen LogP) is 6.96. The molecule has 2 atom stereocenters. The van der Waals surface area contributed by atoms with Crippen molar-refractivity contribution in [2.45, 2.75) is 32.1 Å². The highest BCUT2D eigenvalue weighted by Crippen LogP contribution is 2.45. The fraction of sp³-hybridized carbons (Fsp3) is 0.147. The van der Waals surface area contributed by atoms with Gasteiger partial charge < -0.3 is 14.6 Å². The fourth-order valence-corrected chi connectivity index (χ4v) is 6.59. The summed E-state index contributed by atoms with van der Waals surface area (Å²) in [5.41, 5.74) is 3.27. The molecular weight excluding hydrogens is 567 g/mol. The molecule has 1 aromatic heterocycles. The standard InChI is InChI=1S/C34H25FN2O5S/c1-19-14-23-15-22(10-13-27(23)42-19)31(38)29-30(21-8-5-9-25(16-21)41-18-20-6-3-2-4-7-20)37(33(40)32(29)39)34-36-26-12-11-24(35)17-28(26)43-34/h2-13,15-17,19,30,38H,14,18H2,1H3/b31-29+/t19-,30+/m0/s1. The lowest BCUT2D eigenvalue weighted by atomic mass is 9.94. The molecule has 1 saturated heterocycles. The highest BCUT2D eigenvalue weighted by Gasteiger charge is 2.48. The molecule has 3 heterocycles. The van der Waals surface area contributed by atoms with Crippen molar-refractivity contribution in [1.82, 2.24) is 4.98 Å². The van der Waals surface area contributed by atoms with Crippen LogP contribution in [0.1, 0.15) is 35.2 Å². The van der Waals surface area contributed by atoms with E-state index in [9.17, 15) is 19.1 Å². The summed E-state index contributed by atoms with van der Waals surface area (Å²) < 4.78 is 26.4. The van der Waals surface area contributed by atoms with E-state index in [0.29, 0.717) is 40.1 Å². The Balaban J connectivity index is 1.35. The highest BCUT2D eigenvalue weighted by atomic mass is 32.1. The number of benzene rings is 4. The quantitative estimate of drug-likeness (QED) is 0.130. The lowest BCUT2D eigenvalue weighted by molar-refractivity contribution is -0.132. The normalized spacial score (nSPS) is 19.1. The van der Waals surface area contributed by atoms with Crippen molar-refractivity contribution in [1.29, 1.82) is 0 Å². The number of carbonyl (C=O) groups is 2. The van der Waals surface area contributed by atoms with E-state index < -0.39 is 23.5 Å². The second-order valence-corrected chi connectivity index (χ2v) is 11.6. The number of ether oxygens (including phenoxy) is 2. The Hall–Kier alpha value is -5.02. The van der Waals surface area contributed by atoms with Crippen LogP contribution in [0.2, 0.25) is 0 Å². The van der Waals surface area contributed by atoms with Gasteiger partial charge in [0, 0.05) is 12.0 Å². The average Bonchev–Trinajstić information content (AvgIpc) is 3.68. The Morgan fingerprint density at radius 1 is 1.05 bits per heavy atom. The number of nitrogens with zero attached hydrogens (tertiary/aromatic N) is 2. The van der Waals surface area contributed by atoms with Gasteiger partial charge in [0.1, 0.15) is 35.8 Å². The molecule has 0 bridgehead atoms. The van der Waals surface area contributed by atoms with E-state index in [1.54, 1.807) is 42.5 Å². The van der Waals surface area contributed by atoms with Gasteiger partial charge in [-0.15, -0.1) is 0 Å². The van der Waals surface area contributed by atoms with Gasteiger partial charge in [0.2, 0.25) is 0 Å². The fourth-order valence-electron chi connectivity index (χ4n) is 5.57. The van der Waals surface area contributed by atoms with Crippen molar-refractivity contribution in [3.63, 3.8) is 0 Å². The number of thiazole rings is 1. The smallest absolute Gasteiger partial charge is 0.301 e. The number of amides is 1. The molecule has 1 N–H and O–H groups in total. The van der Waals surface area contributed by atoms with Gasteiger partial charge in [0.15, 0.2) is 5.13 Å². The van der Waals surface area contributed by atoms with E-state index in [0.717, 1.165) is 28.2 Å². The highest BCUT2D eigenvalue weighted by molar-refractivity contribution is 7.22. The van der Waals surface area contributed by atoms with Gasteiger partial charge in [0.25, 0.3) is 5.78 Å². The number of aromatic nitrogens is 1. The van der Waals surface area contributed by atoms with Gasteiger partial charge in [-0.1, -0.05) is 53.8 Å². The Kier molecular flexibility index (Phi) is 6.66. The molecule has 0 saturated carbocycles. The molecule has 1 fully saturated rings. The van der Waals surface area contributed by atoms with Gasteiger partial charge in [-0.2, -0.15) is 0 Å². The maximum atomic E-state index is 14.0. The van der Waals surface area contributed by atoms with E-state index in [1.165, 1.54) is 23.1 Å². The van der Waals surface area contributed by atoms with Gasteiger partial charge in [-0.25, -0.2) is 9.37 Å². The minimum atomic E-state index is -1.01. The summed E-state index contributed by atoms with van der Waals surface area (Å²) in [6, 6.07) is 25.2. The van der Waals surface area contributed by atoms with E-state index in [-0.39, 0.29) is 22.6 Å². The molecule has 2 aliphatic rings. The van der Waals surface area contributed by atoms with Crippen LogP contribution in [-0.4, -0.2) is 27.9 Å². The molecule has 5 aromatic rings. The summed E-state index contributed by atoms with van der Waals surface area (Å²) in [6.07, 6.45) is 0.664. The largest absolute Gasteiger partial charge is 0.507 e. The number of aliphatic hydroxyl groups excluding tert-OH is 1. The molecule has 7 nitrogen and oxygen atoms in total. The number of hydrogen-bond acceptors (Lipinski definition) is 7. The van der Waals surface area contributed by atoms with Crippen molar-refractivity contribution in [2.24, 2.45) is 0 Å². The van der Waals surface area contributed by atoms with Gasteiger partial charge >= 0.3 is 5.91 Å². The summed E-state index contributed by atoms with van der Waals surface area (Å²) in [7, 11) is 0. The van der Waals surface area contributed by atoms with Gasteiger partial charge in [-0.05, 0) is 72.1 Å². The zero-order valence-electron chi connectivity index (χ0n) is 23.0. The number of anilines is 1. The number of ketones is 1. The number of aliphatic hydroxyl groups is 1. The van der Waals surface area contributed by atoms with Crippen LogP contribution in [0.4, 0.5) is 9.52 Å². The third kappa shape index (κ3) is 4.91. The van der Waals surface area contributed by atoms with Crippen LogP contribution >= 0.6 is 11.3 Å². The number of halogens is 1. The minimum Gasteiger partial charge on any atom is -0.507 e. The summed E-state index contributed by atoms with van der Waals surface area (Å²) >= 11 is 1.10. The lowest BCUT2D eigenvalue weighted by Gasteiger charge is -2.23. The molecule has 0 aliphatic carbocycles. The summed E-state index contributed by atoms with van der Waals surface area (Å²) in [6.45, 7) is 2.28. The predicted molar refractivity (Wildman–Crippen MR) is 162 cm³/mol. The molecule has 2 aliphatic heterocycles. The van der Waals surface area contributed by atoms with E-state index in [4.69, 9.17) is 9.47 Å². The van der Waals surface area contributed by atoms with Crippen molar-refractivity contribution < 1.29 is 28.6 Å². The third-order valence-corrected chi connectivity index (χ3v) is 8.60. The van der Waals surface area contributed by atoms with E-state index in [1.807, 2.05) is 37.3 Å². The van der Waals surface area contributed by atoms with Crippen molar-refractivity contribution in [2.75, 3.05) is 4.90 Å². The van der Waals surface area contributed by atoms with Crippen molar-refractivity contribution in [3.8, 4) is 11.5 Å². The first-order valence-electron chi connectivity index (χ1n) is 13.8. The maximum absolute atomic E-state index is 14.0. The zero-order valence-corrected chi connectivity index (χ0v) is 23.8. The number of Topliss-reactive ketones (excluding diaryl/α,β-unsaturated/α-hetero) is 1. The van der Waals surface area contributed by atoms with Crippen LogP contribution in [0, 0.1) is 5.82 Å². The van der Waals surface area contributed by atoms with Crippen molar-refractivity contribution >= 4 is 44.1 Å². The minimum absolute atomic E-state index is 0.000439. The summed E-state index contributed by atoms with van der Waals surface area (Å²) in [5.74, 6) is -1.14. The molecular formula is C34H25FN2O5S. The molecule has 4 aromatic carbocycles. The Morgan fingerprint density at radius 2 is 1.88 bits per heavy atom. The monoisotopic (exact) mass is 592 g/mol. The second-order valence-electron chi connectivity index (χ2n) is 10.6. The second kappa shape index (κ2) is 10.7. The van der Waals surface area contributed by atoms with E-state index in [2.05, 4.69) is 4.98 Å². The van der Waals surface area contributed by atoms with Crippen LogP contribution in [0.5, 0.6) is 11.5 Å². The van der Waals surface area contributed by atoms with E-state index >= 15 is 0 Å². The van der Waals surface area contributed by atoms with Crippen molar-refractivity contribution in [3.05, 3.63) is 125 Å². The zero-order chi connectivity index (χ0) is 29.7. The van der Waals surface area contributed by atoms with Crippen LogP contribution < -0.4 is 14.4 Å². The average molecular weight is 593 g/mol. The molecule has 9 heteroatoms. The first kappa shape index (κ1) is 26.9. The topological polar surface area (TPSA) is 89.0 Å². The lowest BCUT2D eigenvalue weighted by Crippen LogP contribution is -2.29. The first-order valence-corrected chi connectivity index (χ1v) is 14.6. The molecule has 7 rings (SSSR count). The SMILES string of the molecule is C[C@H]1Cc2cc(/C(O)=C3\C(=O)C(=O)N(c4nc5ccc(F)cc5s4)[C@@H]3c3cccc(OCc4ccccc4)c3)ccc2O1. The number of rotatable bonds is 6. The van der Waals surface area contributed by atoms with Crippen LogP contribution in [-0.2, 0) is 22.6 Å². The third-order valence-electron chi connectivity index (χ3n) is 7.58. The number of carbonyl (C=O) groups excluding carboxylic acids is 2. The molecule has 1 amide bonds. The molecule has 214 valence electrons. The van der Waals surface area contributed by atoms with Crippen LogP contribution in [0.3, 0.4) is 0 Å². The van der Waals surface area contributed by atoms with Gasteiger partial charge in [-0.3, -0.25) is 14.5 Å². The molecule has 0 spiro atoms.